The average molecular weight is 499 g/mol. The summed E-state index contributed by atoms with van der Waals surface area (Å²) >= 11 is 0. The van der Waals surface area contributed by atoms with E-state index < -0.39 is 32.5 Å². The molecule has 1 nitrogen and oxygen atoms in total. The first-order valence-corrected chi connectivity index (χ1v) is 16.1. The summed E-state index contributed by atoms with van der Waals surface area (Å²) in [5.41, 5.74) is 0.785. The highest BCUT2D eigenvalue weighted by atomic mass is 28.3. The van der Waals surface area contributed by atoms with Crippen LogP contribution in [0.2, 0.25) is 18.1 Å². The van der Waals surface area contributed by atoms with Crippen LogP contribution >= 0.6 is 0 Å². The minimum Gasteiger partial charge on any atom is -0.425 e. The van der Waals surface area contributed by atoms with Crippen LogP contribution in [0.3, 0.4) is 0 Å². The molecule has 1 saturated carbocycles. The van der Waals surface area contributed by atoms with Crippen LogP contribution in [0.1, 0.15) is 89.5 Å². The first-order valence-electron chi connectivity index (χ1n) is 13.6. The van der Waals surface area contributed by atoms with Crippen LogP contribution in [-0.2, 0) is 6.42 Å². The van der Waals surface area contributed by atoms with Crippen LogP contribution in [-0.4, -0.2) is 8.80 Å². The van der Waals surface area contributed by atoms with E-state index in [1.165, 1.54) is 76.3 Å². The lowest BCUT2D eigenvalue weighted by Crippen LogP contribution is -2.28. The van der Waals surface area contributed by atoms with Gasteiger partial charge in [-0.2, -0.15) is 13.2 Å². The predicted octanol–water partition coefficient (Wildman–Crippen LogP) is 9.59. The predicted molar refractivity (Wildman–Crippen MR) is 134 cm³/mol. The van der Waals surface area contributed by atoms with E-state index in [0.717, 1.165) is 42.6 Å². The van der Waals surface area contributed by atoms with Crippen LogP contribution in [0.25, 0.3) is 0 Å². The Kier molecular flexibility index (Phi) is 11.5. The van der Waals surface area contributed by atoms with Crippen molar-refractivity contribution in [2.45, 2.75) is 109 Å². The summed E-state index contributed by atoms with van der Waals surface area (Å²) in [6.45, 7) is 2.30. The third kappa shape index (κ3) is 8.73. The maximum Gasteiger partial charge on any atom is 0.344 e. The Labute approximate surface area is 205 Å². The molecule has 1 aromatic carbocycles. The zero-order valence-corrected chi connectivity index (χ0v) is 21.9. The molecule has 0 unspecified atom stereocenters. The lowest BCUT2D eigenvalue weighted by Gasteiger charge is -2.37. The summed E-state index contributed by atoms with van der Waals surface area (Å²) in [7, 11) is -0.404. The van der Waals surface area contributed by atoms with Crippen LogP contribution in [0.5, 0.6) is 5.75 Å². The van der Waals surface area contributed by atoms with Gasteiger partial charge in [0.15, 0.2) is 11.6 Å². The van der Waals surface area contributed by atoms with Gasteiger partial charge in [0, 0.05) is 8.80 Å². The van der Waals surface area contributed by atoms with Crippen LogP contribution in [0.15, 0.2) is 30.3 Å². The van der Waals surface area contributed by atoms with Gasteiger partial charge in [0.05, 0.1) is 0 Å². The molecule has 0 spiro atoms. The van der Waals surface area contributed by atoms with Gasteiger partial charge in [-0.25, -0.2) is 4.39 Å². The van der Waals surface area contributed by atoms with Gasteiger partial charge in [-0.1, -0.05) is 88.9 Å². The van der Waals surface area contributed by atoms with E-state index in [0.29, 0.717) is 0 Å². The number of ether oxygens (including phenoxy) is 1. The monoisotopic (exact) mass is 498 g/mol. The van der Waals surface area contributed by atoms with Crippen molar-refractivity contribution in [2.75, 3.05) is 0 Å². The van der Waals surface area contributed by atoms with Crippen LogP contribution in [0.4, 0.5) is 17.6 Å². The van der Waals surface area contributed by atoms with E-state index >= 15 is 0 Å². The van der Waals surface area contributed by atoms with Gasteiger partial charge in [-0.3, -0.25) is 0 Å². The lowest BCUT2D eigenvalue weighted by atomic mass is 9.73. The topological polar surface area (TPSA) is 9.23 Å². The molecule has 34 heavy (non-hydrogen) atoms. The molecule has 192 valence electrons. The average Bonchev–Trinajstić information content (AvgIpc) is 2.84. The van der Waals surface area contributed by atoms with Crippen LogP contribution < -0.4 is 4.74 Å². The van der Waals surface area contributed by atoms with Crippen LogP contribution in [0, 0.1) is 23.6 Å². The number of hydrogen-bond donors (Lipinski definition) is 0. The molecule has 0 aromatic heterocycles. The fourth-order valence-electron chi connectivity index (χ4n) is 6.26. The fourth-order valence-corrected chi connectivity index (χ4v) is 9.79. The molecule has 0 radical (unpaired) electrons. The molecule has 6 heteroatoms. The third-order valence-corrected chi connectivity index (χ3v) is 11.9. The fraction of sp³-hybridized carbons (Fsp3) is 0.714. The molecule has 3 rings (SSSR count). The lowest BCUT2D eigenvalue weighted by molar-refractivity contribution is 0.184. The van der Waals surface area contributed by atoms with Crippen molar-refractivity contribution in [3.8, 4) is 5.75 Å². The summed E-state index contributed by atoms with van der Waals surface area (Å²) in [6, 6.07) is 6.82. The van der Waals surface area contributed by atoms with Crippen molar-refractivity contribution in [1.29, 1.82) is 0 Å². The minimum absolute atomic E-state index is 0.404. The molecule has 0 amide bonds. The molecule has 0 N–H and O–H groups in total. The molecule has 1 heterocycles. The summed E-state index contributed by atoms with van der Waals surface area (Å²) in [5.74, 6) is 1.47. The largest absolute Gasteiger partial charge is 0.425 e. The molecule has 1 aliphatic carbocycles. The maximum absolute atomic E-state index is 14.0. The Balaban J connectivity index is 1.29. The Morgan fingerprint density at radius 1 is 0.912 bits per heavy atom. The van der Waals surface area contributed by atoms with Crippen molar-refractivity contribution in [2.24, 2.45) is 17.8 Å². The quantitative estimate of drug-likeness (QED) is 0.121. The summed E-state index contributed by atoms with van der Waals surface area (Å²) < 4.78 is 55.3. The van der Waals surface area contributed by atoms with E-state index in [1.54, 1.807) is 24.2 Å². The van der Waals surface area contributed by atoms with Gasteiger partial charge < -0.3 is 4.74 Å². The van der Waals surface area contributed by atoms with Crippen molar-refractivity contribution in [3.05, 3.63) is 41.7 Å². The standard InChI is InChI=1S/C28H42F4OSi/c1-2-3-6-17-34-18-15-24(16-19-34)23-12-9-21(10-13-23)7-4-5-8-22-11-14-26(25(29)20-22)33-28(32)27(30)31/h11,14,20-21,23-24,34H,2-10,12-13,15-19H2,1H3. The number of rotatable bonds is 12. The molecular weight excluding hydrogens is 456 g/mol. The molecule has 2 aliphatic rings. The Hall–Kier alpha value is -1.30. The first-order chi connectivity index (χ1) is 16.5. The molecule has 1 saturated heterocycles. The van der Waals surface area contributed by atoms with Crippen molar-refractivity contribution in [3.63, 3.8) is 0 Å². The first kappa shape index (κ1) is 27.3. The number of aryl methyl sites for hydroxylation is 1. The highest BCUT2D eigenvalue weighted by Gasteiger charge is 2.30. The second-order valence-corrected chi connectivity index (χ2v) is 14.2. The zero-order chi connectivity index (χ0) is 24.3. The van der Waals surface area contributed by atoms with Gasteiger partial charge >= 0.3 is 12.1 Å². The normalized spacial score (nSPS) is 25.2. The molecule has 0 bridgehead atoms. The second kappa shape index (κ2) is 14.3. The Bertz CT molecular complexity index is 764. The van der Waals surface area contributed by atoms with Crippen molar-refractivity contribution >= 4 is 8.80 Å². The summed E-state index contributed by atoms with van der Waals surface area (Å²) in [6.07, 6.45) is 14.3. The van der Waals surface area contributed by atoms with Gasteiger partial charge in [0.25, 0.3) is 0 Å². The smallest absolute Gasteiger partial charge is 0.344 e. The van der Waals surface area contributed by atoms with Gasteiger partial charge in [-0.15, -0.1) is 0 Å². The highest BCUT2D eigenvalue weighted by Crippen LogP contribution is 2.42. The minimum atomic E-state index is -2.59. The SMILES string of the molecule is CCCCC[SiH]1CCC(C2CCC(CCCCc3ccc(OC(F)=C(F)F)c(F)c3)CC2)CC1. The number of halogens is 4. The van der Waals surface area contributed by atoms with Gasteiger partial charge in [0.1, 0.15) is 0 Å². The maximum atomic E-state index is 14.0. The van der Waals surface area contributed by atoms with E-state index in [-0.39, 0.29) is 0 Å². The molecular formula is C28H42F4OSi. The second-order valence-electron chi connectivity index (χ2n) is 10.7. The number of benzene rings is 1. The van der Waals surface area contributed by atoms with E-state index in [4.69, 9.17) is 0 Å². The Morgan fingerprint density at radius 3 is 2.26 bits per heavy atom. The van der Waals surface area contributed by atoms with E-state index in [1.807, 2.05) is 0 Å². The molecule has 1 aliphatic heterocycles. The van der Waals surface area contributed by atoms with Gasteiger partial charge in [0.2, 0.25) is 0 Å². The molecule has 2 fully saturated rings. The highest BCUT2D eigenvalue weighted by molar-refractivity contribution is 6.58. The summed E-state index contributed by atoms with van der Waals surface area (Å²) in [4.78, 5) is 0. The van der Waals surface area contributed by atoms with Gasteiger partial charge in [-0.05, 0) is 61.1 Å². The third-order valence-electron chi connectivity index (χ3n) is 8.34. The van der Waals surface area contributed by atoms with E-state index in [9.17, 15) is 17.6 Å². The van der Waals surface area contributed by atoms with E-state index in [2.05, 4.69) is 11.7 Å². The Morgan fingerprint density at radius 2 is 1.62 bits per heavy atom. The van der Waals surface area contributed by atoms with Crippen molar-refractivity contribution in [1.82, 2.24) is 0 Å². The summed E-state index contributed by atoms with van der Waals surface area (Å²) in [5, 5.41) is 0. The zero-order valence-electron chi connectivity index (χ0n) is 20.8. The number of hydrogen-bond acceptors (Lipinski definition) is 1. The number of unbranched alkanes of at least 4 members (excludes halogenated alkanes) is 3. The van der Waals surface area contributed by atoms with Crippen molar-refractivity contribution < 1.29 is 22.3 Å². The molecule has 0 atom stereocenters. The molecule has 1 aromatic rings.